The molecule has 9 nitrogen and oxygen atoms in total. The number of fused-ring (bicyclic) bond motifs is 14. The predicted molar refractivity (Wildman–Crippen MR) is 336 cm³/mol. The molecule has 0 amide bonds. The Hall–Kier alpha value is -9.86. The average molecular weight is 1050 g/mol. The first-order chi connectivity index (χ1) is 41.5. The quantitative estimate of drug-likeness (QED) is 0.172. The van der Waals surface area contributed by atoms with Crippen molar-refractivity contribution >= 4 is 138 Å². The van der Waals surface area contributed by atoms with Gasteiger partial charge in [0.1, 0.15) is 33.5 Å². The number of para-hydroxylation sites is 4. The Morgan fingerprint density at radius 2 is 0.700 bits per heavy atom. The van der Waals surface area contributed by atoms with Gasteiger partial charge in [-0.05, 0) is 150 Å². The highest BCUT2D eigenvalue weighted by Crippen LogP contribution is 2.46. The minimum atomic E-state index is -2.21. The summed E-state index contributed by atoms with van der Waals surface area (Å²) in [5.74, 6) is 0. The Morgan fingerprint density at radius 3 is 1.11 bits per heavy atom. The van der Waals surface area contributed by atoms with E-state index in [1.165, 1.54) is 64.7 Å². The molecule has 9 heteroatoms. The van der Waals surface area contributed by atoms with Crippen LogP contribution in [0.25, 0.3) is 98.1 Å². The number of rotatable bonds is 3. The van der Waals surface area contributed by atoms with Crippen molar-refractivity contribution in [2.75, 3.05) is 65.5 Å². The van der Waals surface area contributed by atoms with Gasteiger partial charge in [-0.15, -0.1) is 0 Å². The zero-order valence-corrected chi connectivity index (χ0v) is 44.7. The second-order valence-corrected chi connectivity index (χ2v) is 21.3. The zero-order chi connectivity index (χ0) is 58.9. The van der Waals surface area contributed by atoms with Gasteiger partial charge < -0.3 is 42.7 Å². The Labute approximate surface area is 471 Å². The number of nitrogens with zero attached hydrogens (tertiary/aromatic N) is 6. The lowest BCUT2D eigenvalue weighted by Gasteiger charge is -2.21. The van der Waals surface area contributed by atoms with Crippen molar-refractivity contribution in [3.05, 3.63) is 223 Å². The highest BCUT2D eigenvalue weighted by molar-refractivity contribution is 6.14. The predicted octanol–water partition coefficient (Wildman–Crippen LogP) is 18.4. The molecular weight excluding hydrogens is 985 g/mol. The van der Waals surface area contributed by atoms with Gasteiger partial charge in [-0.1, -0.05) is 97.1 Å². The number of furan rings is 3. The van der Waals surface area contributed by atoms with E-state index < -0.39 is 14.0 Å². The van der Waals surface area contributed by atoms with Gasteiger partial charge in [0.15, 0.2) is 0 Å². The van der Waals surface area contributed by atoms with E-state index in [2.05, 4.69) is 168 Å². The molecule has 14 aromatic rings. The molecule has 0 saturated carbocycles. The van der Waals surface area contributed by atoms with Gasteiger partial charge in [0, 0.05) is 108 Å². The number of benzene rings is 11. The Balaban J connectivity index is 0.000000109. The van der Waals surface area contributed by atoms with E-state index in [1.807, 2.05) is 73.3 Å². The summed E-state index contributed by atoms with van der Waals surface area (Å²) in [6.45, 7) is 3.30. The van der Waals surface area contributed by atoms with Crippen LogP contribution in [0.15, 0.2) is 220 Å². The monoisotopic (exact) mass is 1050 g/mol. The molecule has 0 aliphatic carbocycles. The van der Waals surface area contributed by atoms with Crippen molar-refractivity contribution in [3.8, 4) is 0 Å². The molecule has 390 valence electrons. The molecule has 3 aromatic heterocycles. The third-order valence-corrected chi connectivity index (χ3v) is 16.5. The van der Waals surface area contributed by atoms with Crippen LogP contribution in [0.1, 0.15) is 24.9 Å². The Bertz CT molecular complexity index is 5100. The topological polar surface area (TPSA) is 58.9 Å². The molecule has 0 unspecified atom stereocenters. The summed E-state index contributed by atoms with van der Waals surface area (Å²) in [6, 6.07) is 66.8. The minimum Gasteiger partial charge on any atom is -0.456 e. The van der Waals surface area contributed by atoms with E-state index in [0.717, 1.165) is 106 Å². The largest absolute Gasteiger partial charge is 0.456 e. The van der Waals surface area contributed by atoms with Crippen molar-refractivity contribution < 1.29 is 21.5 Å². The van der Waals surface area contributed by atoms with Gasteiger partial charge >= 0.3 is 0 Å². The van der Waals surface area contributed by atoms with Crippen LogP contribution in [0.4, 0.5) is 39.8 Å². The molecule has 6 heterocycles. The Morgan fingerprint density at radius 1 is 0.338 bits per heavy atom. The Kier molecular flexibility index (Phi) is 9.48. The van der Waals surface area contributed by atoms with Crippen molar-refractivity contribution in [1.82, 2.24) is 4.90 Å². The summed E-state index contributed by atoms with van der Waals surface area (Å²) >= 11 is 0. The van der Waals surface area contributed by atoms with Crippen LogP contribution in [-0.4, -0.2) is 45.9 Å². The molecule has 0 atom stereocenters. The molecule has 0 N–H and O–H groups in total. The molecule has 3 aliphatic heterocycles. The maximum atomic E-state index is 7.96. The van der Waals surface area contributed by atoms with Crippen molar-refractivity contribution in [3.63, 3.8) is 0 Å². The van der Waals surface area contributed by atoms with Crippen LogP contribution in [0.5, 0.6) is 0 Å². The van der Waals surface area contributed by atoms with E-state index in [-0.39, 0.29) is 6.67 Å². The van der Waals surface area contributed by atoms with Crippen LogP contribution < -0.4 is 24.5 Å². The van der Waals surface area contributed by atoms with Crippen molar-refractivity contribution in [2.45, 2.75) is 20.8 Å². The van der Waals surface area contributed by atoms with Crippen LogP contribution in [-0.2, 0) is 0 Å². The minimum absolute atomic E-state index is 0.270. The highest BCUT2D eigenvalue weighted by Gasteiger charge is 2.28. The molecule has 17 rings (SSSR count). The maximum absolute atomic E-state index is 7.96. The smallest absolute Gasteiger partial charge is 0.140 e. The van der Waals surface area contributed by atoms with E-state index in [0.29, 0.717) is 6.67 Å². The fourth-order valence-electron chi connectivity index (χ4n) is 12.4. The van der Waals surface area contributed by atoms with Crippen molar-refractivity contribution in [2.24, 2.45) is 0 Å². The van der Waals surface area contributed by atoms with Crippen LogP contribution >= 0.6 is 0 Å². The van der Waals surface area contributed by atoms with E-state index >= 15 is 0 Å². The van der Waals surface area contributed by atoms with Crippen LogP contribution in [0.2, 0.25) is 0 Å². The second kappa shape index (κ2) is 18.4. The average Bonchev–Trinajstić information content (AvgIpc) is 1.71. The summed E-state index contributed by atoms with van der Waals surface area (Å²) in [5, 5.41) is 13.8. The van der Waals surface area contributed by atoms with Crippen LogP contribution in [0, 0.1) is 20.8 Å². The first-order valence-electron chi connectivity index (χ1n) is 30.0. The van der Waals surface area contributed by atoms with E-state index in [9.17, 15) is 0 Å². The lowest BCUT2D eigenvalue weighted by Crippen LogP contribution is -2.24. The van der Waals surface area contributed by atoms with Gasteiger partial charge in [0.25, 0.3) is 0 Å². The molecule has 0 fully saturated rings. The molecule has 80 heavy (non-hydrogen) atoms. The normalized spacial score (nSPS) is 15.4. The number of aryl methyl sites for hydroxylation is 3. The van der Waals surface area contributed by atoms with Gasteiger partial charge in [0.05, 0.1) is 42.8 Å². The maximum Gasteiger partial charge on any atom is 0.140 e. The van der Waals surface area contributed by atoms with Gasteiger partial charge in [-0.25, -0.2) is 0 Å². The van der Waals surface area contributed by atoms with Gasteiger partial charge in [0.2, 0.25) is 0 Å². The fourth-order valence-corrected chi connectivity index (χ4v) is 12.4. The molecule has 0 radical (unpaired) electrons. The van der Waals surface area contributed by atoms with Crippen LogP contribution in [0.3, 0.4) is 0 Å². The van der Waals surface area contributed by atoms with Crippen molar-refractivity contribution in [1.29, 1.82) is 0 Å². The molecule has 0 saturated heterocycles. The second-order valence-electron chi connectivity index (χ2n) is 21.3. The first-order valence-corrected chi connectivity index (χ1v) is 27.0. The third-order valence-electron chi connectivity index (χ3n) is 16.5. The molecule has 0 spiro atoms. The fraction of sp³-hybridized carbons (Fsp3) is 0.127. The van der Waals surface area contributed by atoms with Gasteiger partial charge in [-0.3, -0.25) is 0 Å². The first kappa shape index (κ1) is 41.3. The number of hydrogen-bond acceptors (Lipinski definition) is 9. The highest BCUT2D eigenvalue weighted by atomic mass is 16.3. The van der Waals surface area contributed by atoms with E-state index in [1.54, 1.807) is 12.4 Å². The lowest BCUT2D eigenvalue weighted by atomic mass is 10.0. The SMILES string of the molecule is Cc1c(N2CN(C)c3ccccc32)ccc2c1oc1cc3ccccc3cc12.[2H]C([2H])([2H])N1C=CN(c2ccc3c(oc4cc5ccccc5cc43)c2C)C1.[2H]C([2H])([2H])N1CN(c2ccc3c(oc4cc5ccccc5cc43)c2C)c2ccccc21. The van der Waals surface area contributed by atoms with E-state index in [4.69, 9.17) is 21.5 Å². The molecule has 11 aromatic carbocycles. The molecule has 3 aliphatic rings. The molecule has 0 bridgehead atoms. The summed E-state index contributed by atoms with van der Waals surface area (Å²) in [4.78, 5) is 11.5. The zero-order valence-electron chi connectivity index (χ0n) is 50.7. The lowest BCUT2D eigenvalue weighted by molar-refractivity contribution is 0.495. The van der Waals surface area contributed by atoms with Gasteiger partial charge in [-0.2, -0.15) is 0 Å². The number of anilines is 7. The molecular formula is C71H58N6O3. The number of hydrogen-bond donors (Lipinski definition) is 0. The summed E-state index contributed by atoms with van der Waals surface area (Å²) in [7, 11) is 2.14. The standard InChI is InChI=1S/2C25H20N2O.C21H18N2O/c2*1-16-21(27-15-26(2)22-9-5-6-10-23(22)27)12-11-19-20-13-17-7-3-4-8-18(17)14-24(20)28-25(16)19;1-14-19(23-10-9-22(2)13-23)8-7-17-18-11-15-5-3-4-6-16(15)12-20(18)24-21(14)17/h2*3-14H,15H2,1-2H3;3-12H,13H2,1-2H3/i2D3;;2D3. The summed E-state index contributed by atoms with van der Waals surface area (Å²) < 4.78 is 65.5. The summed E-state index contributed by atoms with van der Waals surface area (Å²) in [5.41, 5.74) is 15.8. The third kappa shape index (κ3) is 7.59. The summed E-state index contributed by atoms with van der Waals surface area (Å²) in [6.07, 6.45) is 3.42.